The summed E-state index contributed by atoms with van der Waals surface area (Å²) in [5.74, 6) is 0.0585. The third-order valence-electron chi connectivity index (χ3n) is 4.82. The number of nitriles is 1. The molecule has 0 radical (unpaired) electrons. The summed E-state index contributed by atoms with van der Waals surface area (Å²) in [6.45, 7) is 1.72. The molecule has 184 valence electrons. The van der Waals surface area contributed by atoms with Gasteiger partial charge in [-0.25, -0.2) is 9.97 Å². The molecule has 1 amide bonds. The maximum atomic E-state index is 12.9. The Morgan fingerprint density at radius 2 is 1.83 bits per heavy atom. The molecule has 0 bridgehead atoms. The summed E-state index contributed by atoms with van der Waals surface area (Å²) >= 11 is 0. The quantitative estimate of drug-likeness (QED) is 0.412. The van der Waals surface area contributed by atoms with Gasteiger partial charge in [0.1, 0.15) is 18.1 Å². The van der Waals surface area contributed by atoms with Crippen LogP contribution in [0.4, 0.5) is 13.2 Å². The Kier molecular flexibility index (Phi) is 7.90. The predicted molar refractivity (Wildman–Crippen MR) is 126 cm³/mol. The van der Waals surface area contributed by atoms with Gasteiger partial charge in [0.25, 0.3) is 5.91 Å². The zero-order valence-electron chi connectivity index (χ0n) is 18.6. The molecule has 13 heteroatoms. The molecule has 4 aromatic rings. The summed E-state index contributed by atoms with van der Waals surface area (Å²) in [6.07, 6.45) is 0.819. The molecule has 1 N–H and O–H groups in total. The summed E-state index contributed by atoms with van der Waals surface area (Å²) in [5.41, 5.74) is 1.73. The van der Waals surface area contributed by atoms with Gasteiger partial charge >= 0.3 is 6.36 Å². The van der Waals surface area contributed by atoms with Crippen LogP contribution in [0.25, 0.3) is 16.9 Å². The van der Waals surface area contributed by atoms with E-state index in [4.69, 9.17) is 5.26 Å². The van der Waals surface area contributed by atoms with Crippen LogP contribution in [0.3, 0.4) is 0 Å². The van der Waals surface area contributed by atoms with E-state index in [-0.39, 0.29) is 24.8 Å². The van der Waals surface area contributed by atoms with Crippen LogP contribution in [-0.2, 0) is 0 Å². The molecule has 0 aliphatic heterocycles. The molecule has 0 spiro atoms. The van der Waals surface area contributed by atoms with E-state index in [1.54, 1.807) is 25.1 Å². The number of aromatic nitrogens is 5. The fourth-order valence-electron chi connectivity index (χ4n) is 3.22. The lowest BCUT2D eigenvalue weighted by molar-refractivity contribution is -0.274. The molecule has 1 aromatic carbocycles. The Balaban J connectivity index is 0.00000361. The Morgan fingerprint density at radius 1 is 1.08 bits per heavy atom. The largest absolute Gasteiger partial charge is 0.573 e. The lowest BCUT2D eigenvalue weighted by atomic mass is 10.1. The first-order valence-electron chi connectivity index (χ1n) is 10.1. The molecular formula is C23H18F3N7O2S. The molecule has 3 aromatic heterocycles. The average Bonchev–Trinajstić information content (AvgIpc) is 3.34. The highest BCUT2D eigenvalue weighted by molar-refractivity contribution is 7.59. The van der Waals surface area contributed by atoms with Crippen LogP contribution >= 0.6 is 13.5 Å². The number of pyridine rings is 2. The predicted octanol–water partition coefficient (Wildman–Crippen LogP) is 4.10. The first kappa shape index (κ1) is 26.2. The van der Waals surface area contributed by atoms with E-state index in [1.807, 2.05) is 6.07 Å². The van der Waals surface area contributed by atoms with Gasteiger partial charge in [-0.15, -0.1) is 13.2 Å². The van der Waals surface area contributed by atoms with Gasteiger partial charge in [0.05, 0.1) is 17.2 Å². The fourth-order valence-corrected chi connectivity index (χ4v) is 3.22. The zero-order chi connectivity index (χ0) is 25.0. The minimum atomic E-state index is -4.78. The van der Waals surface area contributed by atoms with E-state index in [9.17, 15) is 18.0 Å². The van der Waals surface area contributed by atoms with E-state index < -0.39 is 18.3 Å². The van der Waals surface area contributed by atoms with Crippen LogP contribution in [0.5, 0.6) is 5.75 Å². The van der Waals surface area contributed by atoms with Crippen LogP contribution in [-0.4, -0.2) is 37.0 Å². The van der Waals surface area contributed by atoms with Gasteiger partial charge < -0.3 is 10.1 Å². The van der Waals surface area contributed by atoms with E-state index in [1.165, 1.54) is 53.9 Å². The van der Waals surface area contributed by atoms with Gasteiger partial charge in [0, 0.05) is 24.2 Å². The first-order valence-corrected chi connectivity index (χ1v) is 10.1. The SMILES string of the molecule is C[C@@H](NC(=O)c1cncc(-c2ccc(OC(F)(F)F)cc2)c1)c1ncnn1-c1ccc(C#N)cn1.S. The van der Waals surface area contributed by atoms with E-state index in [0.29, 0.717) is 28.3 Å². The van der Waals surface area contributed by atoms with Gasteiger partial charge in [-0.05, 0) is 42.8 Å². The zero-order valence-corrected chi connectivity index (χ0v) is 19.6. The Hall–Kier alpha value is -4.44. The lowest BCUT2D eigenvalue weighted by Gasteiger charge is -2.15. The van der Waals surface area contributed by atoms with Crippen molar-refractivity contribution >= 4 is 19.4 Å². The maximum Gasteiger partial charge on any atom is 0.573 e. The first-order chi connectivity index (χ1) is 16.7. The summed E-state index contributed by atoms with van der Waals surface area (Å²) in [4.78, 5) is 25.3. The van der Waals surface area contributed by atoms with Crippen LogP contribution in [0, 0.1) is 11.3 Å². The van der Waals surface area contributed by atoms with Crippen molar-refractivity contribution in [3.05, 3.63) is 84.3 Å². The number of rotatable bonds is 6. The van der Waals surface area contributed by atoms with Crippen molar-refractivity contribution in [3.8, 4) is 28.8 Å². The Labute approximate surface area is 210 Å². The van der Waals surface area contributed by atoms with Crippen molar-refractivity contribution in [1.29, 1.82) is 5.26 Å². The minimum absolute atomic E-state index is 0. The molecule has 0 unspecified atom stereocenters. The highest BCUT2D eigenvalue weighted by Gasteiger charge is 2.31. The van der Waals surface area contributed by atoms with Crippen molar-refractivity contribution in [1.82, 2.24) is 30.0 Å². The summed E-state index contributed by atoms with van der Waals surface area (Å²) < 4.78 is 42.4. The molecule has 0 saturated heterocycles. The second kappa shape index (κ2) is 10.9. The highest BCUT2D eigenvalue weighted by Crippen LogP contribution is 2.26. The molecule has 0 saturated carbocycles. The standard InChI is InChI=1S/C23H16F3N7O2.H2S/c1-14(21-30-13-31-33(21)20-7-2-15(9-27)10-29-20)32-22(34)18-8-17(11-28-12-18)16-3-5-19(6-4-16)35-23(24,25)26;/h2-8,10-14H,1H3,(H,32,34);1H2/t14-;/m1./s1. The van der Waals surface area contributed by atoms with Crippen molar-refractivity contribution in [2.24, 2.45) is 0 Å². The topological polar surface area (TPSA) is 119 Å². The average molecular weight is 514 g/mol. The number of nitrogens with one attached hydrogen (secondary N) is 1. The number of carbonyl (C=O) groups excluding carboxylic acids is 1. The smallest absolute Gasteiger partial charge is 0.406 e. The van der Waals surface area contributed by atoms with Gasteiger partial charge in [0.15, 0.2) is 11.6 Å². The maximum absolute atomic E-state index is 12.9. The van der Waals surface area contributed by atoms with Gasteiger partial charge in [-0.1, -0.05) is 12.1 Å². The summed E-state index contributed by atoms with van der Waals surface area (Å²) in [7, 11) is 0. The summed E-state index contributed by atoms with van der Waals surface area (Å²) in [6, 6.07) is 11.4. The Bertz CT molecular complexity index is 1380. The molecule has 1 atom stereocenters. The van der Waals surface area contributed by atoms with Crippen LogP contribution in [0.15, 0.2) is 67.4 Å². The normalized spacial score (nSPS) is 11.6. The summed E-state index contributed by atoms with van der Waals surface area (Å²) in [5, 5.41) is 15.9. The molecular weight excluding hydrogens is 495 g/mol. The number of hydrogen-bond acceptors (Lipinski definition) is 7. The second-order valence-corrected chi connectivity index (χ2v) is 7.28. The van der Waals surface area contributed by atoms with Crippen molar-refractivity contribution < 1.29 is 22.7 Å². The lowest BCUT2D eigenvalue weighted by Crippen LogP contribution is -2.29. The van der Waals surface area contributed by atoms with Crippen molar-refractivity contribution in [2.75, 3.05) is 0 Å². The molecule has 4 rings (SSSR count). The van der Waals surface area contributed by atoms with Crippen LogP contribution < -0.4 is 10.1 Å². The molecule has 0 aliphatic rings. The van der Waals surface area contributed by atoms with Crippen LogP contribution in [0.1, 0.15) is 34.7 Å². The number of alkyl halides is 3. The molecule has 0 aliphatic carbocycles. The third-order valence-corrected chi connectivity index (χ3v) is 4.82. The third kappa shape index (κ3) is 6.16. The van der Waals surface area contributed by atoms with Crippen molar-refractivity contribution in [3.63, 3.8) is 0 Å². The Morgan fingerprint density at radius 3 is 2.47 bits per heavy atom. The molecule has 3 heterocycles. The van der Waals surface area contributed by atoms with Gasteiger partial charge in [0.2, 0.25) is 0 Å². The monoisotopic (exact) mass is 513 g/mol. The second-order valence-electron chi connectivity index (χ2n) is 7.28. The number of amides is 1. The number of benzene rings is 1. The minimum Gasteiger partial charge on any atom is -0.406 e. The van der Waals surface area contributed by atoms with Crippen LogP contribution in [0.2, 0.25) is 0 Å². The van der Waals surface area contributed by atoms with E-state index in [0.717, 1.165) is 0 Å². The van der Waals surface area contributed by atoms with Crippen molar-refractivity contribution in [2.45, 2.75) is 19.3 Å². The molecule has 9 nitrogen and oxygen atoms in total. The van der Waals surface area contributed by atoms with E-state index >= 15 is 0 Å². The highest BCUT2D eigenvalue weighted by atomic mass is 32.1. The number of ether oxygens (including phenoxy) is 1. The van der Waals surface area contributed by atoms with Gasteiger partial charge in [-0.2, -0.15) is 28.5 Å². The number of halogens is 3. The van der Waals surface area contributed by atoms with Gasteiger partial charge in [-0.3, -0.25) is 9.78 Å². The fraction of sp³-hybridized carbons (Fsp3) is 0.130. The molecule has 0 fully saturated rings. The number of hydrogen-bond donors (Lipinski definition) is 1. The molecule has 36 heavy (non-hydrogen) atoms. The van der Waals surface area contributed by atoms with E-state index in [2.05, 4.69) is 30.1 Å². The number of carbonyl (C=O) groups is 1. The number of nitrogens with zero attached hydrogens (tertiary/aromatic N) is 6.